The Labute approximate surface area is 91.6 Å². The van der Waals surface area contributed by atoms with Gasteiger partial charge in [-0.05, 0) is 6.07 Å². The normalized spacial score (nSPS) is 10.2. The van der Waals surface area contributed by atoms with Gasteiger partial charge < -0.3 is 4.57 Å². The van der Waals surface area contributed by atoms with Crippen molar-refractivity contribution >= 4 is 0 Å². The van der Waals surface area contributed by atoms with E-state index in [1.54, 1.807) is 22.9 Å². The Hall–Kier alpha value is -2.17. The van der Waals surface area contributed by atoms with Gasteiger partial charge in [0.2, 0.25) is 0 Å². The summed E-state index contributed by atoms with van der Waals surface area (Å²) in [6.07, 6.45) is 4.62. The van der Waals surface area contributed by atoms with Crippen LogP contribution in [0.4, 0.5) is 0 Å². The van der Waals surface area contributed by atoms with Crippen LogP contribution in [-0.2, 0) is 13.1 Å². The first kappa shape index (κ1) is 10.4. The summed E-state index contributed by atoms with van der Waals surface area (Å²) in [6, 6.07) is 6.36. The molecule has 0 saturated heterocycles. The lowest BCUT2D eigenvalue weighted by Crippen LogP contribution is -2.25. The van der Waals surface area contributed by atoms with Gasteiger partial charge in [0.1, 0.15) is 0 Å². The van der Waals surface area contributed by atoms with Gasteiger partial charge in [-0.15, -0.1) is 0 Å². The summed E-state index contributed by atoms with van der Waals surface area (Å²) in [6.45, 7) is 0.905. The second-order valence-corrected chi connectivity index (χ2v) is 3.34. The smallest absolute Gasteiger partial charge is 0.253 e. The highest BCUT2D eigenvalue weighted by Crippen LogP contribution is 1.85. The molecule has 0 bridgehead atoms. The van der Waals surface area contributed by atoms with Crippen LogP contribution in [0.15, 0.2) is 52.6 Å². The van der Waals surface area contributed by atoms with Gasteiger partial charge in [0.25, 0.3) is 11.1 Å². The molecule has 2 heterocycles. The van der Waals surface area contributed by atoms with Gasteiger partial charge in [0, 0.05) is 37.6 Å². The summed E-state index contributed by atoms with van der Waals surface area (Å²) in [5.74, 6) is 0. The quantitative estimate of drug-likeness (QED) is 0.733. The predicted molar refractivity (Wildman–Crippen MR) is 59.2 cm³/mol. The van der Waals surface area contributed by atoms with Crippen LogP contribution in [0.5, 0.6) is 0 Å². The lowest BCUT2D eigenvalue weighted by Gasteiger charge is -2.06. The van der Waals surface area contributed by atoms with Crippen LogP contribution in [0.2, 0.25) is 0 Å². The van der Waals surface area contributed by atoms with Crippen molar-refractivity contribution in [2.45, 2.75) is 13.1 Å². The minimum Gasteiger partial charge on any atom is -0.314 e. The van der Waals surface area contributed by atoms with Crippen molar-refractivity contribution in [2.75, 3.05) is 0 Å². The first-order valence-electron chi connectivity index (χ1n) is 4.93. The van der Waals surface area contributed by atoms with Crippen molar-refractivity contribution in [3.63, 3.8) is 0 Å². The molecule has 5 nitrogen and oxygen atoms in total. The van der Waals surface area contributed by atoms with Crippen LogP contribution in [0.3, 0.4) is 0 Å². The Balaban J connectivity index is 2.15. The molecule has 2 aromatic heterocycles. The van der Waals surface area contributed by atoms with Gasteiger partial charge in [-0.25, -0.2) is 4.98 Å². The van der Waals surface area contributed by atoms with Crippen LogP contribution < -0.4 is 11.1 Å². The van der Waals surface area contributed by atoms with Gasteiger partial charge >= 0.3 is 0 Å². The first-order valence-corrected chi connectivity index (χ1v) is 4.93. The molecule has 5 heteroatoms. The summed E-state index contributed by atoms with van der Waals surface area (Å²) >= 11 is 0. The number of aryl methyl sites for hydroxylation is 2. The van der Waals surface area contributed by atoms with E-state index < -0.39 is 0 Å². The highest BCUT2D eigenvalue weighted by Gasteiger charge is 1.96. The maximum absolute atomic E-state index is 11.4. The van der Waals surface area contributed by atoms with E-state index in [9.17, 15) is 9.59 Å². The number of pyridine rings is 1. The van der Waals surface area contributed by atoms with Crippen molar-refractivity contribution in [1.29, 1.82) is 0 Å². The minimum atomic E-state index is -0.112. The molecule has 0 aliphatic heterocycles. The fourth-order valence-electron chi connectivity index (χ4n) is 1.41. The summed E-state index contributed by atoms with van der Waals surface area (Å²) in [4.78, 5) is 26.6. The topological polar surface area (TPSA) is 56.9 Å². The number of hydrogen-bond donors (Lipinski definition) is 0. The van der Waals surface area contributed by atoms with Crippen LogP contribution in [0, 0.1) is 0 Å². The van der Waals surface area contributed by atoms with E-state index in [0.717, 1.165) is 0 Å². The van der Waals surface area contributed by atoms with Gasteiger partial charge in [0.05, 0.1) is 6.33 Å². The highest BCUT2D eigenvalue weighted by atomic mass is 16.1. The average molecular weight is 217 g/mol. The molecule has 0 N–H and O–H groups in total. The maximum atomic E-state index is 11.4. The van der Waals surface area contributed by atoms with Gasteiger partial charge in [-0.2, -0.15) is 0 Å². The molecule has 0 spiro atoms. The third-order valence-electron chi connectivity index (χ3n) is 2.27. The molecule has 0 unspecified atom stereocenters. The van der Waals surface area contributed by atoms with E-state index >= 15 is 0 Å². The third kappa shape index (κ3) is 2.25. The van der Waals surface area contributed by atoms with E-state index in [-0.39, 0.29) is 11.1 Å². The summed E-state index contributed by atoms with van der Waals surface area (Å²) in [5, 5.41) is 0. The fourth-order valence-corrected chi connectivity index (χ4v) is 1.41. The van der Waals surface area contributed by atoms with E-state index in [4.69, 9.17) is 0 Å². The zero-order valence-electron chi connectivity index (χ0n) is 8.61. The Bertz CT molecular complexity index is 532. The molecule has 2 rings (SSSR count). The van der Waals surface area contributed by atoms with Gasteiger partial charge in [0.15, 0.2) is 0 Å². The Kier molecular flexibility index (Phi) is 2.95. The lowest BCUT2D eigenvalue weighted by molar-refractivity contribution is 0.546. The zero-order valence-corrected chi connectivity index (χ0v) is 8.61. The van der Waals surface area contributed by atoms with Crippen molar-refractivity contribution in [3.8, 4) is 0 Å². The molecule has 0 aromatic carbocycles. The molecular weight excluding hydrogens is 206 g/mol. The molecule has 0 aliphatic rings. The van der Waals surface area contributed by atoms with Gasteiger partial charge in [-0.3, -0.25) is 14.2 Å². The van der Waals surface area contributed by atoms with Crippen molar-refractivity contribution in [3.05, 3.63) is 63.7 Å². The van der Waals surface area contributed by atoms with E-state index in [0.29, 0.717) is 13.1 Å². The fraction of sp³-hybridized carbons (Fsp3) is 0.182. The summed E-state index contributed by atoms with van der Waals surface area (Å²) in [5.41, 5.74) is -0.182. The number of hydrogen-bond acceptors (Lipinski definition) is 3. The third-order valence-corrected chi connectivity index (χ3v) is 2.27. The summed E-state index contributed by atoms with van der Waals surface area (Å²) < 4.78 is 3.03. The van der Waals surface area contributed by atoms with Crippen molar-refractivity contribution < 1.29 is 0 Å². The molecule has 0 amide bonds. The largest absolute Gasteiger partial charge is 0.314 e. The molecule has 0 atom stereocenters. The lowest BCUT2D eigenvalue weighted by atomic mass is 10.4. The molecule has 0 fully saturated rings. The second kappa shape index (κ2) is 4.57. The first-order chi connectivity index (χ1) is 7.77. The van der Waals surface area contributed by atoms with Crippen LogP contribution in [0.1, 0.15) is 0 Å². The SMILES string of the molecule is O=c1ccccn1CCn1cnccc1=O. The Morgan fingerprint density at radius 2 is 1.75 bits per heavy atom. The molecule has 2 aromatic rings. The number of aromatic nitrogens is 3. The molecule has 82 valence electrons. The molecule has 0 saturated carbocycles. The van der Waals surface area contributed by atoms with Crippen molar-refractivity contribution in [2.24, 2.45) is 0 Å². The predicted octanol–water partition coefficient (Wildman–Crippen LogP) is 0.105. The van der Waals surface area contributed by atoms with E-state index in [1.807, 2.05) is 0 Å². The molecular formula is C11H11N3O2. The van der Waals surface area contributed by atoms with Crippen LogP contribution >= 0.6 is 0 Å². The number of rotatable bonds is 3. The number of nitrogens with zero attached hydrogens (tertiary/aromatic N) is 3. The maximum Gasteiger partial charge on any atom is 0.253 e. The summed E-state index contributed by atoms with van der Waals surface area (Å²) in [7, 11) is 0. The second-order valence-electron chi connectivity index (χ2n) is 3.34. The van der Waals surface area contributed by atoms with Crippen LogP contribution in [0.25, 0.3) is 0 Å². The Morgan fingerprint density at radius 3 is 2.50 bits per heavy atom. The zero-order chi connectivity index (χ0) is 11.4. The van der Waals surface area contributed by atoms with Gasteiger partial charge in [-0.1, -0.05) is 6.07 Å². The minimum absolute atomic E-state index is 0.0700. The van der Waals surface area contributed by atoms with E-state index in [2.05, 4.69) is 4.98 Å². The standard InChI is InChI=1S/C11H11N3O2/c15-10-3-1-2-6-13(10)7-8-14-9-12-5-4-11(14)16/h1-6,9H,7-8H2. The molecule has 0 radical (unpaired) electrons. The molecule has 16 heavy (non-hydrogen) atoms. The molecule has 0 aliphatic carbocycles. The van der Waals surface area contributed by atoms with Crippen molar-refractivity contribution in [1.82, 2.24) is 14.1 Å². The Morgan fingerprint density at radius 1 is 1.00 bits per heavy atom. The van der Waals surface area contributed by atoms with Crippen LogP contribution in [-0.4, -0.2) is 14.1 Å². The average Bonchev–Trinajstić information content (AvgIpc) is 2.30. The highest BCUT2D eigenvalue weighted by molar-refractivity contribution is 4.93. The van der Waals surface area contributed by atoms with E-state index in [1.165, 1.54) is 29.2 Å². The monoisotopic (exact) mass is 217 g/mol.